The first-order valence-corrected chi connectivity index (χ1v) is 4.97. The lowest BCUT2D eigenvalue weighted by atomic mass is 9.75. The Kier molecular flexibility index (Phi) is 2.74. The highest BCUT2D eigenvalue weighted by atomic mass is 14.6. The molecule has 0 aromatic carbocycles. The summed E-state index contributed by atoms with van der Waals surface area (Å²) in [5, 5.41) is 15.7. The Morgan fingerprint density at radius 3 is 2.21 bits per heavy atom. The monoisotopic (exact) mass is 190 g/mol. The molecule has 0 atom stereocenters. The van der Waals surface area contributed by atoms with Gasteiger partial charge in [-0.2, -0.15) is 0 Å². The molecule has 0 spiro atoms. The topological polar surface area (TPSA) is 47.7 Å². The summed E-state index contributed by atoms with van der Waals surface area (Å²) in [7, 11) is 0. The summed E-state index contributed by atoms with van der Waals surface area (Å²) < 4.78 is 0. The molecule has 14 heavy (non-hydrogen) atoms. The highest BCUT2D eigenvalue weighted by molar-refractivity contribution is 6.52. The van der Waals surface area contributed by atoms with E-state index in [-0.39, 0.29) is 5.41 Å². The number of hydrogen-bond donors (Lipinski definition) is 2. The fourth-order valence-corrected chi connectivity index (χ4v) is 1.46. The zero-order chi connectivity index (χ0) is 10.9. The summed E-state index contributed by atoms with van der Waals surface area (Å²) in [5.74, 6) is 0. The SMILES string of the molecule is CCC(C)(C)C1=CC=C(C)C(=N)C1=N. The minimum Gasteiger partial charge on any atom is -0.298 e. The number of allylic oxidation sites excluding steroid dienone is 4. The van der Waals surface area contributed by atoms with Gasteiger partial charge in [0.2, 0.25) is 0 Å². The molecular formula is C12H18N2. The van der Waals surface area contributed by atoms with Gasteiger partial charge in [-0.25, -0.2) is 0 Å². The molecule has 0 aromatic heterocycles. The van der Waals surface area contributed by atoms with Crippen molar-refractivity contribution < 1.29 is 0 Å². The predicted octanol–water partition coefficient (Wildman–Crippen LogP) is 3.35. The minimum atomic E-state index is 0.000579. The summed E-state index contributed by atoms with van der Waals surface area (Å²) in [5.41, 5.74) is 2.61. The van der Waals surface area contributed by atoms with Crippen LogP contribution in [-0.2, 0) is 0 Å². The molecule has 0 fully saturated rings. The molecule has 2 nitrogen and oxygen atoms in total. The van der Waals surface area contributed by atoms with E-state index in [1.54, 1.807) is 0 Å². The maximum Gasteiger partial charge on any atom is 0.0829 e. The smallest absolute Gasteiger partial charge is 0.0829 e. The van der Waals surface area contributed by atoms with Crippen molar-refractivity contribution in [2.45, 2.75) is 34.1 Å². The second-order valence-corrected chi connectivity index (χ2v) is 4.42. The number of hydrogen-bond acceptors (Lipinski definition) is 2. The molecule has 1 aliphatic rings. The van der Waals surface area contributed by atoms with Crippen LogP contribution >= 0.6 is 0 Å². The third-order valence-electron chi connectivity index (χ3n) is 3.03. The highest BCUT2D eigenvalue weighted by Crippen LogP contribution is 2.33. The van der Waals surface area contributed by atoms with Crippen LogP contribution in [0.1, 0.15) is 34.1 Å². The van der Waals surface area contributed by atoms with Crippen LogP contribution in [0.2, 0.25) is 0 Å². The summed E-state index contributed by atoms with van der Waals surface area (Å²) in [6.07, 6.45) is 4.91. The van der Waals surface area contributed by atoms with Gasteiger partial charge >= 0.3 is 0 Å². The zero-order valence-electron chi connectivity index (χ0n) is 9.36. The van der Waals surface area contributed by atoms with Crippen molar-refractivity contribution >= 4 is 11.4 Å². The van der Waals surface area contributed by atoms with Gasteiger partial charge in [-0.05, 0) is 29.9 Å². The van der Waals surface area contributed by atoms with E-state index in [0.29, 0.717) is 11.4 Å². The molecule has 2 N–H and O–H groups in total. The van der Waals surface area contributed by atoms with Crippen LogP contribution in [0, 0.1) is 16.2 Å². The third-order valence-corrected chi connectivity index (χ3v) is 3.03. The van der Waals surface area contributed by atoms with Crippen LogP contribution in [0.5, 0.6) is 0 Å². The maximum absolute atomic E-state index is 7.91. The Balaban J connectivity index is 3.14. The summed E-state index contributed by atoms with van der Waals surface area (Å²) >= 11 is 0. The molecule has 1 aliphatic carbocycles. The molecule has 0 saturated carbocycles. The fraction of sp³-hybridized carbons (Fsp3) is 0.500. The Morgan fingerprint density at radius 2 is 1.71 bits per heavy atom. The Morgan fingerprint density at radius 1 is 1.14 bits per heavy atom. The van der Waals surface area contributed by atoms with E-state index in [0.717, 1.165) is 17.6 Å². The van der Waals surface area contributed by atoms with Gasteiger partial charge in [0.05, 0.1) is 11.4 Å². The predicted molar refractivity (Wildman–Crippen MR) is 61.4 cm³/mol. The van der Waals surface area contributed by atoms with E-state index < -0.39 is 0 Å². The summed E-state index contributed by atoms with van der Waals surface area (Å²) in [6, 6.07) is 0. The number of rotatable bonds is 2. The zero-order valence-corrected chi connectivity index (χ0v) is 9.36. The van der Waals surface area contributed by atoms with Crippen molar-refractivity contribution in [1.82, 2.24) is 0 Å². The Bertz CT molecular complexity index is 343. The van der Waals surface area contributed by atoms with Gasteiger partial charge in [0, 0.05) is 0 Å². The van der Waals surface area contributed by atoms with Crippen molar-refractivity contribution in [3.05, 3.63) is 23.3 Å². The Labute approximate surface area is 85.7 Å². The molecule has 0 saturated heterocycles. The largest absolute Gasteiger partial charge is 0.298 e. The first kappa shape index (κ1) is 10.9. The maximum atomic E-state index is 7.91. The molecule has 2 heteroatoms. The van der Waals surface area contributed by atoms with Crippen molar-refractivity contribution in [3.8, 4) is 0 Å². The van der Waals surface area contributed by atoms with E-state index in [4.69, 9.17) is 10.8 Å². The van der Waals surface area contributed by atoms with Gasteiger partial charge in [0.25, 0.3) is 0 Å². The lowest BCUT2D eigenvalue weighted by Crippen LogP contribution is -2.28. The van der Waals surface area contributed by atoms with Gasteiger partial charge in [-0.1, -0.05) is 32.9 Å². The van der Waals surface area contributed by atoms with Gasteiger partial charge in [0.15, 0.2) is 0 Å². The van der Waals surface area contributed by atoms with Crippen LogP contribution in [0.25, 0.3) is 0 Å². The van der Waals surface area contributed by atoms with Crippen molar-refractivity contribution in [2.24, 2.45) is 5.41 Å². The molecule has 0 radical (unpaired) electrons. The normalized spacial score (nSPS) is 18.0. The van der Waals surface area contributed by atoms with Crippen molar-refractivity contribution in [2.75, 3.05) is 0 Å². The first-order chi connectivity index (χ1) is 6.40. The summed E-state index contributed by atoms with van der Waals surface area (Å²) in [6.45, 7) is 8.23. The molecule has 0 heterocycles. The molecule has 0 aromatic rings. The second-order valence-electron chi connectivity index (χ2n) is 4.42. The van der Waals surface area contributed by atoms with E-state index >= 15 is 0 Å². The van der Waals surface area contributed by atoms with E-state index in [2.05, 4.69) is 20.8 Å². The van der Waals surface area contributed by atoms with Gasteiger partial charge in [-0.15, -0.1) is 0 Å². The van der Waals surface area contributed by atoms with Gasteiger partial charge in [-0.3, -0.25) is 10.8 Å². The number of nitrogens with one attached hydrogen (secondary N) is 2. The van der Waals surface area contributed by atoms with Gasteiger partial charge in [0.1, 0.15) is 0 Å². The van der Waals surface area contributed by atoms with E-state index in [9.17, 15) is 0 Å². The van der Waals surface area contributed by atoms with Crippen molar-refractivity contribution in [1.29, 1.82) is 10.8 Å². The van der Waals surface area contributed by atoms with E-state index in [1.165, 1.54) is 0 Å². The van der Waals surface area contributed by atoms with E-state index in [1.807, 2.05) is 19.1 Å². The van der Waals surface area contributed by atoms with Crippen LogP contribution in [0.4, 0.5) is 0 Å². The molecular weight excluding hydrogens is 172 g/mol. The quantitative estimate of drug-likeness (QED) is 0.627. The van der Waals surface area contributed by atoms with Crippen LogP contribution in [-0.4, -0.2) is 11.4 Å². The lowest BCUT2D eigenvalue weighted by Gasteiger charge is -2.29. The molecule has 0 bridgehead atoms. The average molecular weight is 190 g/mol. The fourth-order valence-electron chi connectivity index (χ4n) is 1.46. The lowest BCUT2D eigenvalue weighted by molar-refractivity contribution is 0.446. The minimum absolute atomic E-state index is 0.000579. The summed E-state index contributed by atoms with van der Waals surface area (Å²) in [4.78, 5) is 0. The highest BCUT2D eigenvalue weighted by Gasteiger charge is 2.28. The second kappa shape index (κ2) is 3.52. The molecule has 1 rings (SSSR count). The van der Waals surface area contributed by atoms with Gasteiger partial charge < -0.3 is 0 Å². The van der Waals surface area contributed by atoms with Crippen molar-refractivity contribution in [3.63, 3.8) is 0 Å². The molecule has 76 valence electrons. The van der Waals surface area contributed by atoms with Crippen LogP contribution in [0.3, 0.4) is 0 Å². The molecule has 0 aliphatic heterocycles. The average Bonchev–Trinajstić information content (AvgIpc) is 2.14. The molecule has 0 unspecified atom stereocenters. The standard InChI is InChI=1S/C12H18N2/c1-5-12(3,4)9-7-6-8(2)10(13)11(9)14/h6-7,13-14H,5H2,1-4H3. The van der Waals surface area contributed by atoms with Crippen LogP contribution < -0.4 is 0 Å². The van der Waals surface area contributed by atoms with Crippen LogP contribution in [0.15, 0.2) is 23.3 Å². The molecule has 0 amide bonds. The third kappa shape index (κ3) is 1.69. The first-order valence-electron chi connectivity index (χ1n) is 4.97. The Hall–Kier alpha value is -1.18.